The number of ketones is 1. The van der Waals surface area contributed by atoms with Crippen LogP contribution in [-0.4, -0.2) is 10.8 Å². The highest BCUT2D eigenvalue weighted by atomic mass is 35.5. The molecule has 1 heterocycles. The first kappa shape index (κ1) is 13.7. The van der Waals surface area contributed by atoms with Crippen LogP contribution in [0.2, 0.25) is 5.02 Å². The summed E-state index contributed by atoms with van der Waals surface area (Å²) in [4.78, 5) is 16.0. The van der Waals surface area contributed by atoms with E-state index in [0.29, 0.717) is 23.4 Å². The first-order valence-corrected chi connectivity index (χ1v) is 6.38. The van der Waals surface area contributed by atoms with Crippen LogP contribution in [0.3, 0.4) is 0 Å². The molecule has 0 bridgehead atoms. The number of aromatic nitrogens is 1. The summed E-state index contributed by atoms with van der Waals surface area (Å²) < 4.78 is 12.9. The lowest BCUT2D eigenvalue weighted by atomic mass is 10.0. The molecule has 0 aliphatic heterocycles. The Morgan fingerprint density at radius 1 is 1.26 bits per heavy atom. The van der Waals surface area contributed by atoms with E-state index >= 15 is 0 Å². The van der Waals surface area contributed by atoms with Gasteiger partial charge in [0, 0.05) is 29.8 Å². The first-order valence-electron chi connectivity index (χ1n) is 6.00. The lowest BCUT2D eigenvalue weighted by Gasteiger charge is -2.04. The van der Waals surface area contributed by atoms with E-state index in [-0.39, 0.29) is 12.2 Å². The summed E-state index contributed by atoms with van der Waals surface area (Å²) in [6, 6.07) is 9.71. The third-order valence-electron chi connectivity index (χ3n) is 2.79. The zero-order valence-corrected chi connectivity index (χ0v) is 11.0. The van der Waals surface area contributed by atoms with Crippen LogP contribution in [0, 0.1) is 5.82 Å². The summed E-state index contributed by atoms with van der Waals surface area (Å²) in [6.07, 6.45) is 2.95. The molecule has 2 nitrogen and oxygen atoms in total. The van der Waals surface area contributed by atoms with Crippen molar-refractivity contribution in [1.82, 2.24) is 4.98 Å². The average molecular weight is 278 g/mol. The number of carbonyl (C=O) groups is 1. The SMILES string of the molecule is O=C(CCc1ccccn1)Cc1ccc(F)cc1Cl. The topological polar surface area (TPSA) is 30.0 Å². The van der Waals surface area contributed by atoms with Crippen LogP contribution in [0.15, 0.2) is 42.6 Å². The van der Waals surface area contributed by atoms with Gasteiger partial charge in [-0.2, -0.15) is 0 Å². The van der Waals surface area contributed by atoms with Crippen molar-refractivity contribution < 1.29 is 9.18 Å². The van der Waals surface area contributed by atoms with Gasteiger partial charge < -0.3 is 0 Å². The Labute approximate surface area is 116 Å². The molecule has 0 radical (unpaired) electrons. The van der Waals surface area contributed by atoms with Crippen LogP contribution in [0.5, 0.6) is 0 Å². The molecule has 98 valence electrons. The Morgan fingerprint density at radius 2 is 2.11 bits per heavy atom. The van der Waals surface area contributed by atoms with Gasteiger partial charge in [0.1, 0.15) is 11.6 Å². The lowest BCUT2D eigenvalue weighted by Crippen LogP contribution is -2.05. The second-order valence-electron chi connectivity index (χ2n) is 4.27. The Bertz CT molecular complexity index is 572. The molecule has 0 atom stereocenters. The van der Waals surface area contributed by atoms with Gasteiger partial charge in [0.2, 0.25) is 0 Å². The van der Waals surface area contributed by atoms with Crippen LogP contribution in [0.4, 0.5) is 4.39 Å². The molecule has 19 heavy (non-hydrogen) atoms. The fourth-order valence-electron chi connectivity index (χ4n) is 1.78. The van der Waals surface area contributed by atoms with Crippen LogP contribution in [-0.2, 0) is 17.6 Å². The van der Waals surface area contributed by atoms with Crippen LogP contribution in [0.1, 0.15) is 17.7 Å². The monoisotopic (exact) mass is 277 g/mol. The summed E-state index contributed by atoms with van der Waals surface area (Å²) in [5.74, 6) is -0.325. The molecule has 2 aromatic rings. The number of carbonyl (C=O) groups excluding carboxylic acids is 1. The van der Waals surface area contributed by atoms with Crippen LogP contribution >= 0.6 is 11.6 Å². The van der Waals surface area contributed by atoms with Crippen molar-refractivity contribution in [3.05, 3.63) is 64.7 Å². The van der Waals surface area contributed by atoms with E-state index in [0.717, 1.165) is 5.69 Å². The van der Waals surface area contributed by atoms with Crippen molar-refractivity contribution in [1.29, 1.82) is 0 Å². The third kappa shape index (κ3) is 4.14. The number of benzene rings is 1. The van der Waals surface area contributed by atoms with Crippen molar-refractivity contribution in [2.75, 3.05) is 0 Å². The Balaban J connectivity index is 1.91. The van der Waals surface area contributed by atoms with E-state index in [2.05, 4.69) is 4.98 Å². The van der Waals surface area contributed by atoms with Gasteiger partial charge >= 0.3 is 0 Å². The minimum Gasteiger partial charge on any atom is -0.299 e. The maximum Gasteiger partial charge on any atom is 0.137 e. The number of hydrogen-bond acceptors (Lipinski definition) is 2. The van der Waals surface area contributed by atoms with Gasteiger partial charge in [-0.15, -0.1) is 0 Å². The van der Waals surface area contributed by atoms with Crippen molar-refractivity contribution in [2.24, 2.45) is 0 Å². The van der Waals surface area contributed by atoms with E-state index in [1.807, 2.05) is 18.2 Å². The molecule has 0 fully saturated rings. The molecule has 1 aromatic heterocycles. The number of hydrogen-bond donors (Lipinski definition) is 0. The minimum absolute atomic E-state index is 0.0687. The highest BCUT2D eigenvalue weighted by Gasteiger charge is 2.08. The van der Waals surface area contributed by atoms with Crippen molar-refractivity contribution in [3.63, 3.8) is 0 Å². The second kappa shape index (κ2) is 6.43. The van der Waals surface area contributed by atoms with Gasteiger partial charge in [0.05, 0.1) is 0 Å². The van der Waals surface area contributed by atoms with Crippen molar-refractivity contribution in [3.8, 4) is 0 Å². The van der Waals surface area contributed by atoms with Gasteiger partial charge in [-0.25, -0.2) is 4.39 Å². The normalized spacial score (nSPS) is 10.4. The van der Waals surface area contributed by atoms with E-state index in [9.17, 15) is 9.18 Å². The number of pyridine rings is 1. The average Bonchev–Trinajstić information content (AvgIpc) is 2.41. The maximum atomic E-state index is 12.9. The molecule has 0 unspecified atom stereocenters. The smallest absolute Gasteiger partial charge is 0.137 e. The molecule has 0 spiro atoms. The first-order chi connectivity index (χ1) is 9.15. The molecule has 0 aliphatic rings. The molecule has 0 aliphatic carbocycles. The van der Waals surface area contributed by atoms with Gasteiger partial charge in [0.15, 0.2) is 0 Å². The number of halogens is 2. The Hall–Kier alpha value is -1.74. The van der Waals surface area contributed by atoms with Crippen molar-refractivity contribution in [2.45, 2.75) is 19.3 Å². The predicted molar refractivity (Wildman–Crippen MR) is 72.7 cm³/mol. The van der Waals surface area contributed by atoms with Crippen LogP contribution < -0.4 is 0 Å². The van der Waals surface area contributed by atoms with Crippen molar-refractivity contribution >= 4 is 17.4 Å². The standard InChI is InChI=1S/C15H13ClFNO/c16-15-10-12(17)5-4-11(15)9-14(19)7-6-13-3-1-2-8-18-13/h1-5,8,10H,6-7,9H2. The Morgan fingerprint density at radius 3 is 2.79 bits per heavy atom. The molecule has 0 saturated carbocycles. The molecular weight excluding hydrogens is 265 g/mol. The molecule has 2 rings (SSSR count). The predicted octanol–water partition coefficient (Wildman–Crippen LogP) is 3.62. The summed E-state index contributed by atoms with van der Waals surface area (Å²) >= 11 is 5.89. The minimum atomic E-state index is -0.394. The van der Waals surface area contributed by atoms with Crippen LogP contribution in [0.25, 0.3) is 0 Å². The molecule has 0 amide bonds. The fraction of sp³-hybridized carbons (Fsp3) is 0.200. The summed E-state index contributed by atoms with van der Waals surface area (Å²) in [5, 5.41) is 0.297. The summed E-state index contributed by atoms with van der Waals surface area (Å²) in [6.45, 7) is 0. The number of rotatable bonds is 5. The van der Waals surface area contributed by atoms with Gasteiger partial charge in [-0.1, -0.05) is 23.7 Å². The lowest BCUT2D eigenvalue weighted by molar-refractivity contribution is -0.118. The maximum absolute atomic E-state index is 12.9. The summed E-state index contributed by atoms with van der Waals surface area (Å²) in [5.41, 5.74) is 1.55. The third-order valence-corrected chi connectivity index (χ3v) is 3.14. The fourth-order valence-corrected chi connectivity index (χ4v) is 2.01. The second-order valence-corrected chi connectivity index (χ2v) is 4.68. The Kier molecular flexibility index (Phi) is 4.63. The van der Waals surface area contributed by atoms with Gasteiger partial charge in [0.25, 0.3) is 0 Å². The summed E-state index contributed by atoms with van der Waals surface area (Å²) in [7, 11) is 0. The largest absolute Gasteiger partial charge is 0.299 e. The molecular formula is C15H13ClFNO. The number of nitrogens with zero attached hydrogens (tertiary/aromatic N) is 1. The molecule has 4 heteroatoms. The van der Waals surface area contributed by atoms with E-state index < -0.39 is 5.82 Å². The number of Topliss-reactive ketones (excluding diaryl/α,β-unsaturated/α-hetero) is 1. The van der Waals surface area contributed by atoms with Gasteiger partial charge in [-0.3, -0.25) is 9.78 Å². The zero-order valence-electron chi connectivity index (χ0n) is 10.3. The van der Waals surface area contributed by atoms with Gasteiger partial charge in [-0.05, 0) is 36.2 Å². The van der Waals surface area contributed by atoms with E-state index in [1.165, 1.54) is 12.1 Å². The van der Waals surface area contributed by atoms with E-state index in [4.69, 9.17) is 11.6 Å². The molecule has 0 saturated heterocycles. The zero-order chi connectivity index (χ0) is 13.7. The molecule has 0 N–H and O–H groups in total. The van der Waals surface area contributed by atoms with E-state index in [1.54, 1.807) is 12.3 Å². The molecule has 1 aromatic carbocycles. The number of aryl methyl sites for hydroxylation is 1. The highest BCUT2D eigenvalue weighted by molar-refractivity contribution is 6.31. The highest BCUT2D eigenvalue weighted by Crippen LogP contribution is 2.18. The quantitative estimate of drug-likeness (QED) is 0.835.